The number of hydrogen-bond donors (Lipinski definition) is 1. The molecular formula is C21H18N4O2S. The largest absolute Gasteiger partial charge is 0.493 e. The highest BCUT2D eigenvalue weighted by Crippen LogP contribution is 2.26. The van der Waals surface area contributed by atoms with Crippen molar-refractivity contribution in [1.82, 2.24) is 14.8 Å². The van der Waals surface area contributed by atoms with Crippen LogP contribution in [0.3, 0.4) is 0 Å². The molecule has 1 amide bonds. The van der Waals surface area contributed by atoms with E-state index in [1.165, 1.54) is 24.0 Å². The van der Waals surface area contributed by atoms with Crippen LogP contribution in [0.4, 0.5) is 5.13 Å². The molecule has 0 saturated heterocycles. The first-order valence-corrected chi connectivity index (χ1v) is 9.55. The Hall–Kier alpha value is -3.45. The Morgan fingerprint density at radius 3 is 2.57 bits per heavy atom. The number of benzene rings is 2. The monoisotopic (exact) mass is 390 g/mol. The third-order valence-electron chi connectivity index (χ3n) is 4.21. The van der Waals surface area contributed by atoms with Crippen LogP contribution in [-0.2, 0) is 0 Å². The van der Waals surface area contributed by atoms with E-state index in [9.17, 15) is 4.79 Å². The summed E-state index contributed by atoms with van der Waals surface area (Å²) in [6.07, 6.45) is 1.68. The van der Waals surface area contributed by atoms with Crippen molar-refractivity contribution in [2.75, 3.05) is 12.4 Å². The van der Waals surface area contributed by atoms with E-state index in [0.29, 0.717) is 10.9 Å². The predicted octanol–water partition coefficient (Wildman–Crippen LogP) is 4.57. The number of nitrogens with zero attached hydrogens (tertiary/aromatic N) is 3. The van der Waals surface area contributed by atoms with Gasteiger partial charge in [-0.25, -0.2) is 9.67 Å². The number of amides is 1. The van der Waals surface area contributed by atoms with Gasteiger partial charge in [-0.15, -0.1) is 11.3 Å². The van der Waals surface area contributed by atoms with E-state index in [4.69, 9.17) is 4.74 Å². The van der Waals surface area contributed by atoms with Crippen molar-refractivity contribution in [2.45, 2.75) is 6.92 Å². The second-order valence-electron chi connectivity index (χ2n) is 6.18. The van der Waals surface area contributed by atoms with Crippen LogP contribution < -0.4 is 10.1 Å². The standard InChI is InChI=1S/C21H18N4O2S/c1-14-8-10-15(11-9-14)17-13-28-21(22-17)23-20(26)19-18(27-2)12-25(24-19)16-6-4-3-5-7-16/h3-13H,1-2H3,(H,22,23,26). The van der Waals surface area contributed by atoms with Gasteiger partial charge in [0.25, 0.3) is 5.91 Å². The van der Waals surface area contributed by atoms with Crippen LogP contribution >= 0.6 is 11.3 Å². The van der Waals surface area contributed by atoms with Gasteiger partial charge in [-0.05, 0) is 19.1 Å². The van der Waals surface area contributed by atoms with E-state index in [-0.39, 0.29) is 11.6 Å². The summed E-state index contributed by atoms with van der Waals surface area (Å²) in [7, 11) is 1.52. The molecule has 0 fully saturated rings. The van der Waals surface area contributed by atoms with E-state index >= 15 is 0 Å². The molecule has 28 heavy (non-hydrogen) atoms. The van der Waals surface area contributed by atoms with Gasteiger partial charge in [0, 0.05) is 10.9 Å². The summed E-state index contributed by atoms with van der Waals surface area (Å²) in [5, 5.41) is 9.62. The molecule has 0 spiro atoms. The van der Waals surface area contributed by atoms with Crippen LogP contribution in [-0.4, -0.2) is 27.8 Å². The zero-order chi connectivity index (χ0) is 19.5. The molecule has 4 aromatic rings. The Balaban J connectivity index is 1.56. The molecule has 2 heterocycles. The molecule has 6 nitrogen and oxygen atoms in total. The lowest BCUT2D eigenvalue weighted by Gasteiger charge is -2.01. The fraction of sp³-hybridized carbons (Fsp3) is 0.0952. The van der Waals surface area contributed by atoms with E-state index in [1.807, 2.05) is 66.9 Å². The minimum Gasteiger partial charge on any atom is -0.493 e. The molecule has 0 bridgehead atoms. The van der Waals surface area contributed by atoms with Crippen molar-refractivity contribution in [3.05, 3.63) is 77.4 Å². The Labute approximate surface area is 166 Å². The number of methoxy groups -OCH3 is 1. The summed E-state index contributed by atoms with van der Waals surface area (Å²) in [6.45, 7) is 2.04. The van der Waals surface area contributed by atoms with Crippen LogP contribution in [0.25, 0.3) is 16.9 Å². The maximum absolute atomic E-state index is 12.7. The molecule has 2 aromatic carbocycles. The Bertz CT molecular complexity index is 1100. The minimum atomic E-state index is -0.365. The summed E-state index contributed by atoms with van der Waals surface area (Å²) in [5.74, 6) is 0.0352. The molecule has 2 aromatic heterocycles. The van der Waals surface area contributed by atoms with E-state index in [0.717, 1.165) is 16.9 Å². The van der Waals surface area contributed by atoms with Crippen molar-refractivity contribution < 1.29 is 9.53 Å². The second kappa shape index (κ2) is 7.66. The number of ether oxygens (including phenoxy) is 1. The molecule has 7 heteroatoms. The van der Waals surface area contributed by atoms with Crippen LogP contribution in [0, 0.1) is 6.92 Å². The number of anilines is 1. The van der Waals surface area contributed by atoms with Gasteiger partial charge < -0.3 is 4.74 Å². The average Bonchev–Trinajstić information content (AvgIpc) is 3.36. The highest BCUT2D eigenvalue weighted by molar-refractivity contribution is 7.14. The Kier molecular flexibility index (Phi) is 4.90. The van der Waals surface area contributed by atoms with E-state index in [1.54, 1.807) is 10.9 Å². The third kappa shape index (κ3) is 3.65. The zero-order valence-corrected chi connectivity index (χ0v) is 16.2. The summed E-state index contributed by atoms with van der Waals surface area (Å²) < 4.78 is 6.95. The number of carbonyl (C=O) groups is 1. The van der Waals surface area contributed by atoms with E-state index in [2.05, 4.69) is 15.4 Å². The highest BCUT2D eigenvalue weighted by atomic mass is 32.1. The number of hydrogen-bond acceptors (Lipinski definition) is 5. The highest BCUT2D eigenvalue weighted by Gasteiger charge is 2.19. The molecule has 0 unspecified atom stereocenters. The van der Waals surface area contributed by atoms with Gasteiger partial charge in [-0.1, -0.05) is 48.0 Å². The fourth-order valence-electron chi connectivity index (χ4n) is 2.72. The topological polar surface area (TPSA) is 69.0 Å². The van der Waals surface area contributed by atoms with Crippen molar-refractivity contribution in [2.24, 2.45) is 0 Å². The zero-order valence-electron chi connectivity index (χ0n) is 15.4. The quantitative estimate of drug-likeness (QED) is 0.542. The van der Waals surface area contributed by atoms with Gasteiger partial charge in [-0.2, -0.15) is 5.10 Å². The number of para-hydroxylation sites is 1. The molecule has 4 rings (SSSR count). The molecule has 0 saturated carbocycles. The second-order valence-corrected chi connectivity index (χ2v) is 7.04. The summed E-state index contributed by atoms with van der Waals surface area (Å²) in [4.78, 5) is 17.2. The molecular weight excluding hydrogens is 372 g/mol. The number of thiazole rings is 1. The van der Waals surface area contributed by atoms with Gasteiger partial charge in [-0.3, -0.25) is 10.1 Å². The van der Waals surface area contributed by atoms with Gasteiger partial charge in [0.2, 0.25) is 0 Å². The summed E-state index contributed by atoms with van der Waals surface area (Å²) in [5.41, 5.74) is 4.07. The first-order valence-electron chi connectivity index (χ1n) is 8.67. The number of nitrogens with one attached hydrogen (secondary N) is 1. The maximum atomic E-state index is 12.7. The number of rotatable bonds is 5. The molecule has 0 aliphatic carbocycles. The van der Waals surface area contributed by atoms with Gasteiger partial charge in [0.05, 0.1) is 24.7 Å². The Morgan fingerprint density at radius 2 is 1.86 bits per heavy atom. The summed E-state index contributed by atoms with van der Waals surface area (Å²) >= 11 is 1.37. The molecule has 0 aliphatic heterocycles. The van der Waals surface area contributed by atoms with Crippen molar-refractivity contribution >= 4 is 22.4 Å². The Morgan fingerprint density at radius 1 is 1.11 bits per heavy atom. The number of aromatic nitrogens is 3. The van der Waals surface area contributed by atoms with Crippen molar-refractivity contribution in [3.8, 4) is 22.7 Å². The van der Waals surface area contributed by atoms with Crippen molar-refractivity contribution in [3.63, 3.8) is 0 Å². The molecule has 140 valence electrons. The van der Waals surface area contributed by atoms with Crippen LogP contribution in [0.5, 0.6) is 5.75 Å². The molecule has 1 N–H and O–H groups in total. The normalized spacial score (nSPS) is 10.6. The number of aryl methyl sites for hydroxylation is 1. The van der Waals surface area contributed by atoms with E-state index < -0.39 is 0 Å². The average molecular weight is 390 g/mol. The maximum Gasteiger partial charge on any atom is 0.281 e. The first kappa shape index (κ1) is 17.9. The minimum absolute atomic E-state index is 0.207. The SMILES string of the molecule is COc1cn(-c2ccccc2)nc1C(=O)Nc1nc(-c2ccc(C)cc2)cs1. The van der Waals surface area contributed by atoms with Crippen LogP contribution in [0.2, 0.25) is 0 Å². The lowest BCUT2D eigenvalue weighted by molar-refractivity contribution is 0.101. The first-order chi connectivity index (χ1) is 13.6. The predicted molar refractivity (Wildman–Crippen MR) is 110 cm³/mol. The van der Waals surface area contributed by atoms with Gasteiger partial charge in [0.1, 0.15) is 0 Å². The van der Waals surface area contributed by atoms with Crippen molar-refractivity contribution in [1.29, 1.82) is 0 Å². The van der Waals surface area contributed by atoms with Gasteiger partial charge >= 0.3 is 0 Å². The molecule has 0 radical (unpaired) electrons. The smallest absolute Gasteiger partial charge is 0.281 e. The number of carbonyl (C=O) groups excluding carboxylic acids is 1. The molecule has 0 aliphatic rings. The lowest BCUT2D eigenvalue weighted by atomic mass is 10.1. The third-order valence-corrected chi connectivity index (χ3v) is 4.97. The van der Waals surface area contributed by atoms with Crippen LogP contribution in [0.1, 0.15) is 16.1 Å². The molecule has 0 atom stereocenters. The van der Waals surface area contributed by atoms with Gasteiger partial charge in [0.15, 0.2) is 16.6 Å². The summed E-state index contributed by atoms with van der Waals surface area (Å²) in [6, 6.07) is 17.7. The lowest BCUT2D eigenvalue weighted by Crippen LogP contribution is -2.14. The van der Waals surface area contributed by atoms with Crippen LogP contribution in [0.15, 0.2) is 66.2 Å². The fourth-order valence-corrected chi connectivity index (χ4v) is 3.44.